The Morgan fingerprint density at radius 1 is 0.826 bits per heavy atom. The summed E-state index contributed by atoms with van der Waals surface area (Å²) < 4.78 is 43.8. The van der Waals surface area contributed by atoms with Crippen LogP contribution in [-0.2, 0) is 48.9 Å². The first-order valence-electron chi connectivity index (χ1n) is 15.7. The number of esters is 4. The Kier molecular flexibility index (Phi) is 6.13. The predicted octanol–water partition coefficient (Wildman–Crippen LogP) is 4.35. The van der Waals surface area contributed by atoms with Crippen LogP contribution < -0.4 is 5.63 Å². The van der Waals surface area contributed by atoms with Gasteiger partial charge in [0.05, 0.1) is 37.3 Å². The number of ether oxygens (including phenoxy) is 4. The standard InChI is InChI=1S/C34H38O11S/c1-16-15-20(35)41-23-18(16)9-10-19-21(23)24(43-28(39)34-14-12-32(8,26(37)45-34)30(34,5)6)22(17(2)46(19)40)42-27(38)33-13-11-31(7,25(36)44-33)29(33,3)4/h9-10,15,17,22,24H,11-14H2,1-8H3/t17-,22-,24+,31+,32+,33-,34-,46?/m1/s1. The van der Waals surface area contributed by atoms with Crippen molar-refractivity contribution < 1.29 is 46.8 Å². The summed E-state index contributed by atoms with van der Waals surface area (Å²) in [6.45, 7) is 14.0. The number of rotatable bonds is 4. The van der Waals surface area contributed by atoms with Gasteiger partial charge in [-0.3, -0.25) is 13.8 Å². The number of aryl methyl sites for hydroxylation is 1. The van der Waals surface area contributed by atoms with Gasteiger partial charge in [0, 0.05) is 22.3 Å². The first-order chi connectivity index (χ1) is 21.3. The molecule has 0 N–H and O–H groups in total. The number of benzene rings is 1. The van der Waals surface area contributed by atoms with Crippen LogP contribution in [0, 0.1) is 28.6 Å². The molecule has 1 aromatic carbocycles. The van der Waals surface area contributed by atoms with E-state index in [-0.39, 0.29) is 28.9 Å². The number of hydrogen-bond donors (Lipinski definition) is 0. The van der Waals surface area contributed by atoms with Gasteiger partial charge >= 0.3 is 29.5 Å². The highest BCUT2D eigenvalue weighted by atomic mass is 32.2. The van der Waals surface area contributed by atoms with E-state index in [0.717, 1.165) is 0 Å². The number of carbonyl (C=O) groups excluding carboxylic acids is 4. The van der Waals surface area contributed by atoms with Crippen molar-refractivity contribution in [2.24, 2.45) is 21.7 Å². The van der Waals surface area contributed by atoms with E-state index < -0.39 is 90.6 Å². The van der Waals surface area contributed by atoms with Crippen LogP contribution in [0.2, 0.25) is 0 Å². The number of hydrogen-bond acceptors (Lipinski definition) is 11. The fourth-order valence-electron chi connectivity index (χ4n) is 8.68. The highest BCUT2D eigenvalue weighted by Crippen LogP contribution is 2.67. The molecule has 1 unspecified atom stereocenters. The maximum atomic E-state index is 14.4. The van der Waals surface area contributed by atoms with Crippen molar-refractivity contribution in [3.8, 4) is 0 Å². The molecule has 0 amide bonds. The van der Waals surface area contributed by atoms with Crippen LogP contribution in [0.5, 0.6) is 0 Å². The van der Waals surface area contributed by atoms with E-state index in [1.54, 1.807) is 67.5 Å². The maximum absolute atomic E-state index is 14.4. The molecule has 4 bridgehead atoms. The van der Waals surface area contributed by atoms with Crippen LogP contribution in [0.4, 0.5) is 0 Å². The molecule has 11 nitrogen and oxygen atoms in total. The van der Waals surface area contributed by atoms with Crippen LogP contribution in [0.3, 0.4) is 0 Å². The molecule has 0 radical (unpaired) electrons. The Bertz CT molecular complexity index is 1870. The Hall–Kier alpha value is -3.54. The molecule has 1 aromatic heterocycles. The highest BCUT2D eigenvalue weighted by molar-refractivity contribution is 7.85. The highest BCUT2D eigenvalue weighted by Gasteiger charge is 2.78. The van der Waals surface area contributed by atoms with E-state index in [2.05, 4.69) is 0 Å². The molecule has 246 valence electrons. The zero-order valence-electron chi connectivity index (χ0n) is 27.2. The van der Waals surface area contributed by atoms with Crippen LogP contribution >= 0.6 is 0 Å². The third kappa shape index (κ3) is 3.33. The number of carbonyl (C=O) groups is 4. The van der Waals surface area contributed by atoms with E-state index in [0.29, 0.717) is 23.8 Å². The summed E-state index contributed by atoms with van der Waals surface area (Å²) in [7, 11) is -1.81. The second kappa shape index (κ2) is 9.08. The largest absolute Gasteiger partial charge is 0.454 e. The van der Waals surface area contributed by atoms with E-state index in [1.165, 1.54) is 6.07 Å². The van der Waals surface area contributed by atoms with Crippen molar-refractivity contribution >= 4 is 45.6 Å². The molecular weight excluding hydrogens is 616 g/mol. The summed E-state index contributed by atoms with van der Waals surface area (Å²) in [6, 6.07) is 4.63. The van der Waals surface area contributed by atoms with Gasteiger partial charge in [0.2, 0.25) is 11.2 Å². The Labute approximate surface area is 268 Å². The average Bonchev–Trinajstić information content (AvgIpc) is 3.45. The molecule has 0 spiro atoms. The fraction of sp³-hybridized carbons (Fsp3) is 0.618. The first-order valence-corrected chi connectivity index (χ1v) is 16.9. The summed E-state index contributed by atoms with van der Waals surface area (Å²) in [6.07, 6.45) is -1.47. The lowest BCUT2D eigenvalue weighted by molar-refractivity contribution is -0.202. The van der Waals surface area contributed by atoms with Crippen LogP contribution in [0.25, 0.3) is 11.0 Å². The minimum atomic E-state index is -1.81. The van der Waals surface area contributed by atoms with Gasteiger partial charge < -0.3 is 23.4 Å². The summed E-state index contributed by atoms with van der Waals surface area (Å²) in [4.78, 5) is 67.6. The quantitative estimate of drug-likeness (QED) is 0.263. The fourth-order valence-corrected chi connectivity index (χ4v) is 10.2. The normalized spacial score (nSPS) is 39.6. The van der Waals surface area contributed by atoms with Crippen molar-refractivity contribution in [3.05, 3.63) is 39.7 Å². The van der Waals surface area contributed by atoms with Gasteiger partial charge in [-0.1, -0.05) is 27.7 Å². The smallest absolute Gasteiger partial charge is 0.351 e. The van der Waals surface area contributed by atoms with Gasteiger partial charge in [0.25, 0.3) is 0 Å². The molecule has 46 heavy (non-hydrogen) atoms. The minimum absolute atomic E-state index is 0.0530. The van der Waals surface area contributed by atoms with Crippen LogP contribution in [0.15, 0.2) is 32.3 Å². The summed E-state index contributed by atoms with van der Waals surface area (Å²) >= 11 is 0. The molecule has 4 heterocycles. The molecule has 8 atom stereocenters. The van der Waals surface area contributed by atoms with Crippen molar-refractivity contribution in [2.45, 2.75) is 115 Å². The minimum Gasteiger partial charge on any atom is -0.454 e. The lowest BCUT2D eigenvalue weighted by Gasteiger charge is -2.41. The van der Waals surface area contributed by atoms with Gasteiger partial charge in [-0.2, -0.15) is 0 Å². The van der Waals surface area contributed by atoms with Crippen LogP contribution in [-0.4, -0.2) is 50.6 Å². The Morgan fingerprint density at radius 2 is 1.35 bits per heavy atom. The third-order valence-electron chi connectivity index (χ3n) is 13.0. The van der Waals surface area contributed by atoms with Gasteiger partial charge in [0.15, 0.2) is 12.2 Å². The second-order valence-corrected chi connectivity index (χ2v) is 16.9. The summed E-state index contributed by atoms with van der Waals surface area (Å²) in [5.74, 6) is -2.66. The first kappa shape index (κ1) is 31.1. The van der Waals surface area contributed by atoms with E-state index >= 15 is 0 Å². The Morgan fingerprint density at radius 3 is 1.83 bits per heavy atom. The van der Waals surface area contributed by atoms with Crippen LogP contribution in [0.1, 0.15) is 91.4 Å². The molecule has 3 aliphatic heterocycles. The predicted molar refractivity (Wildman–Crippen MR) is 162 cm³/mol. The van der Waals surface area contributed by atoms with Crippen molar-refractivity contribution in [2.75, 3.05) is 0 Å². The molecule has 4 fully saturated rings. The lowest BCUT2D eigenvalue weighted by atomic mass is 9.66. The zero-order valence-corrected chi connectivity index (χ0v) is 28.0. The SMILES string of the molecule is Cc1cc(=O)oc2c3c(ccc12)S(=O)[C@H](C)[C@@H](OC(=O)[C@@]12CC[C@@](C)(C(=O)O1)C2(C)C)[C@H]3OC(=O)[C@@]12CC[C@@](C)(C(=O)O1)C2(C)C. The van der Waals surface area contributed by atoms with E-state index in [4.69, 9.17) is 23.4 Å². The molecule has 7 rings (SSSR count). The lowest BCUT2D eigenvalue weighted by Crippen LogP contribution is -2.54. The number of fused-ring (bicyclic) bond motifs is 7. The van der Waals surface area contributed by atoms with Gasteiger partial charge in [-0.15, -0.1) is 0 Å². The molecule has 2 saturated heterocycles. The van der Waals surface area contributed by atoms with Crippen molar-refractivity contribution in [1.82, 2.24) is 0 Å². The summed E-state index contributed by atoms with van der Waals surface area (Å²) in [5, 5.41) is -0.385. The van der Waals surface area contributed by atoms with Crippen molar-refractivity contribution in [3.63, 3.8) is 0 Å². The topological polar surface area (TPSA) is 152 Å². The molecule has 5 aliphatic rings. The molecule has 2 aromatic rings. The van der Waals surface area contributed by atoms with Gasteiger partial charge in [-0.25, -0.2) is 14.4 Å². The second-order valence-electron chi connectivity index (χ2n) is 15.1. The zero-order chi connectivity index (χ0) is 33.6. The maximum Gasteiger partial charge on any atom is 0.351 e. The van der Waals surface area contributed by atoms with Gasteiger partial charge in [-0.05, 0) is 71.1 Å². The average molecular weight is 655 g/mol. The summed E-state index contributed by atoms with van der Waals surface area (Å²) in [5.41, 5.74) is -6.82. The van der Waals surface area contributed by atoms with E-state index in [1.807, 2.05) is 0 Å². The van der Waals surface area contributed by atoms with E-state index in [9.17, 15) is 28.2 Å². The Balaban J connectivity index is 1.37. The monoisotopic (exact) mass is 654 g/mol. The molecule has 2 aliphatic carbocycles. The van der Waals surface area contributed by atoms with Gasteiger partial charge in [0.1, 0.15) is 5.58 Å². The molecule has 2 saturated carbocycles. The van der Waals surface area contributed by atoms with Crippen molar-refractivity contribution in [1.29, 1.82) is 0 Å². The molecular formula is C34H38O11S. The third-order valence-corrected chi connectivity index (χ3v) is 14.8. The molecule has 12 heteroatoms.